The van der Waals surface area contributed by atoms with Crippen molar-refractivity contribution in [3.05, 3.63) is 109 Å². The molecule has 69 heavy (non-hydrogen) atoms. The van der Waals surface area contributed by atoms with Crippen LogP contribution in [-0.4, -0.2) is 68.5 Å². The quantitative estimate of drug-likeness (QED) is 0.0272. The van der Waals surface area contributed by atoms with Crippen molar-refractivity contribution in [1.82, 2.24) is 5.32 Å². The summed E-state index contributed by atoms with van der Waals surface area (Å²) >= 11 is 0. The second-order valence-electron chi connectivity index (χ2n) is 19.5. The molecule has 0 aliphatic heterocycles. The Morgan fingerprint density at radius 2 is 0.899 bits per heavy atom. The molecule has 3 unspecified atom stereocenters. The number of hydrogen-bond acceptors (Lipinski definition) is 6. The molecule has 0 aromatic heterocycles. The van der Waals surface area contributed by atoms with E-state index in [2.05, 4.69) is 116 Å². The van der Waals surface area contributed by atoms with Crippen molar-refractivity contribution in [2.24, 2.45) is 0 Å². The molecule has 0 spiro atoms. The van der Waals surface area contributed by atoms with Gasteiger partial charge in [-0.25, -0.2) is 0 Å². The van der Waals surface area contributed by atoms with Crippen molar-refractivity contribution in [1.29, 1.82) is 0 Å². The smallest absolute Gasteiger partial charge is 0.268 e. The van der Waals surface area contributed by atoms with Gasteiger partial charge in [-0.05, 0) is 96.3 Å². The van der Waals surface area contributed by atoms with Gasteiger partial charge >= 0.3 is 0 Å². The van der Waals surface area contributed by atoms with E-state index >= 15 is 0 Å². The highest BCUT2D eigenvalue weighted by Gasteiger charge is 2.23. The zero-order chi connectivity index (χ0) is 50.6. The van der Waals surface area contributed by atoms with Gasteiger partial charge in [-0.1, -0.05) is 220 Å². The average molecular weight is 981 g/mol. The van der Waals surface area contributed by atoms with Gasteiger partial charge < -0.3 is 28.8 Å². The lowest BCUT2D eigenvalue weighted by atomic mass is 10.0. The number of nitrogens with zero attached hydrogens (tertiary/aromatic N) is 1. The summed E-state index contributed by atoms with van der Waals surface area (Å²) < 4.78 is 23.3. The molecule has 0 radical (unpaired) electrons. The Balaban J connectivity index is 4.23. The summed E-state index contributed by atoms with van der Waals surface area (Å²) in [6, 6.07) is -0.917. The highest BCUT2D eigenvalue weighted by Crippen LogP contribution is 2.38. The van der Waals surface area contributed by atoms with Crippen molar-refractivity contribution in [3.8, 4) is 0 Å². The lowest BCUT2D eigenvalue weighted by molar-refractivity contribution is -0.870. The molecular formula is C60H105N2O6P. The van der Waals surface area contributed by atoms with Crippen LogP contribution >= 0.6 is 7.82 Å². The van der Waals surface area contributed by atoms with Crippen molar-refractivity contribution in [3.63, 3.8) is 0 Å². The Morgan fingerprint density at radius 3 is 1.35 bits per heavy atom. The number of unbranched alkanes of at least 4 members (excludes halogenated alkanes) is 20. The molecule has 396 valence electrons. The fraction of sp³-hybridized carbons (Fsp3) is 0.683. The van der Waals surface area contributed by atoms with E-state index in [1.165, 1.54) is 109 Å². The number of allylic oxidation sites excluding steroid dienone is 17. The Bertz CT molecular complexity index is 1490. The third-order valence-electron chi connectivity index (χ3n) is 11.7. The monoisotopic (exact) mass is 981 g/mol. The highest BCUT2D eigenvalue weighted by atomic mass is 31.2. The molecule has 8 nitrogen and oxygen atoms in total. The summed E-state index contributed by atoms with van der Waals surface area (Å²) in [6.45, 7) is 4.48. The van der Waals surface area contributed by atoms with E-state index in [1.807, 2.05) is 27.2 Å². The summed E-state index contributed by atoms with van der Waals surface area (Å²) in [5.74, 6) is -0.218. The van der Waals surface area contributed by atoms with Gasteiger partial charge in [-0.2, -0.15) is 0 Å². The number of phosphoric ester groups is 1. The number of aliphatic hydroxyl groups excluding tert-OH is 1. The second-order valence-corrected chi connectivity index (χ2v) is 20.9. The molecule has 0 aliphatic carbocycles. The van der Waals surface area contributed by atoms with Crippen LogP contribution in [0.5, 0.6) is 0 Å². The average Bonchev–Trinajstić information content (AvgIpc) is 3.31. The zero-order valence-corrected chi connectivity index (χ0v) is 45.9. The Hall–Kier alpha value is -2.84. The van der Waals surface area contributed by atoms with Crippen LogP contribution in [0.1, 0.15) is 213 Å². The van der Waals surface area contributed by atoms with E-state index in [4.69, 9.17) is 9.05 Å². The number of hydrogen-bond donors (Lipinski definition) is 2. The van der Waals surface area contributed by atoms with Gasteiger partial charge in [0, 0.05) is 6.42 Å². The first-order valence-electron chi connectivity index (χ1n) is 27.7. The first kappa shape index (κ1) is 66.2. The molecule has 0 heterocycles. The maximum absolute atomic E-state index is 12.9. The van der Waals surface area contributed by atoms with Crippen LogP contribution in [0.2, 0.25) is 0 Å². The summed E-state index contributed by atoms with van der Waals surface area (Å²) in [4.78, 5) is 25.5. The van der Waals surface area contributed by atoms with Crippen molar-refractivity contribution < 1.29 is 32.9 Å². The van der Waals surface area contributed by atoms with E-state index in [0.29, 0.717) is 17.4 Å². The molecule has 0 saturated carbocycles. The third-order valence-corrected chi connectivity index (χ3v) is 12.7. The van der Waals surface area contributed by atoms with Gasteiger partial charge in [0.1, 0.15) is 13.2 Å². The molecule has 0 saturated heterocycles. The van der Waals surface area contributed by atoms with E-state index in [0.717, 1.165) is 83.5 Å². The van der Waals surface area contributed by atoms with E-state index in [9.17, 15) is 19.4 Å². The minimum absolute atomic E-state index is 0.0143. The van der Waals surface area contributed by atoms with Crippen LogP contribution in [0, 0.1) is 0 Å². The Kier molecular flexibility index (Phi) is 48.1. The van der Waals surface area contributed by atoms with E-state index in [1.54, 1.807) is 6.08 Å². The minimum Gasteiger partial charge on any atom is -0.756 e. The number of likely N-dealkylation sites (N-methyl/N-ethyl adjacent to an activating group) is 1. The lowest BCUT2D eigenvalue weighted by Crippen LogP contribution is -2.45. The van der Waals surface area contributed by atoms with Crippen molar-refractivity contribution in [2.75, 3.05) is 40.9 Å². The maximum atomic E-state index is 12.9. The van der Waals surface area contributed by atoms with Crippen molar-refractivity contribution >= 4 is 13.7 Å². The summed E-state index contributed by atoms with van der Waals surface area (Å²) in [5, 5.41) is 13.8. The predicted octanol–water partition coefficient (Wildman–Crippen LogP) is 16.2. The number of quaternary nitrogens is 1. The number of aliphatic hydroxyl groups is 1. The largest absolute Gasteiger partial charge is 0.756 e. The SMILES string of the molecule is CC/C=C\C/C=C\C/C=C\C/C=C\C/C=C\C/C=C\CCCCCCCCCCCCCCC(=O)NC(COP(=O)([O-])OCC[N+](C)(C)C)C(O)/C=C/CC/C=C/CC/C=C/CCCCCCCC. The maximum Gasteiger partial charge on any atom is 0.268 e. The fourth-order valence-corrected chi connectivity index (χ4v) is 8.09. The van der Waals surface area contributed by atoms with Gasteiger partial charge in [-0.3, -0.25) is 9.36 Å². The van der Waals surface area contributed by atoms with Crippen LogP contribution in [-0.2, 0) is 18.4 Å². The number of amides is 1. The lowest BCUT2D eigenvalue weighted by Gasteiger charge is -2.29. The van der Waals surface area contributed by atoms with Crippen LogP contribution in [0.25, 0.3) is 0 Å². The number of carbonyl (C=O) groups excluding carboxylic acids is 1. The number of phosphoric acid groups is 1. The molecule has 3 atom stereocenters. The second kappa shape index (κ2) is 50.1. The van der Waals surface area contributed by atoms with Crippen LogP contribution < -0.4 is 10.2 Å². The first-order valence-corrected chi connectivity index (χ1v) is 29.2. The molecule has 0 aliphatic rings. The van der Waals surface area contributed by atoms with Gasteiger partial charge in [-0.15, -0.1) is 0 Å². The molecule has 2 N–H and O–H groups in total. The van der Waals surface area contributed by atoms with Gasteiger partial charge in [0.05, 0.1) is 39.9 Å². The standard InChI is InChI=1S/C60H105N2O6P/c1-6-8-10-12-14-16-18-20-22-24-25-26-27-28-29-30-31-32-33-34-35-36-37-38-40-42-44-46-48-50-52-54-60(64)61-58(57-68-69(65,66)67-56-55-62(3,4)5)59(63)53-51-49-47-45-43-41-39-23-21-19-17-15-13-11-9-7-2/h8,10,14,16,20-23,25-26,28-29,31-32,43,45,51,53,58-59,63H,6-7,9,11-13,15,17-19,24,27,30,33-42,44,46-50,52,54-57H2,1-5H3,(H-,61,64,65,66)/b10-8-,16-14-,22-20-,23-21+,26-25-,29-28-,32-31-,45-43+,53-51+. The summed E-state index contributed by atoms with van der Waals surface area (Å²) in [5.41, 5.74) is 0. The number of nitrogens with one attached hydrogen (secondary N) is 1. The summed E-state index contributed by atoms with van der Waals surface area (Å²) in [6.07, 6.45) is 73.0. The van der Waals surface area contributed by atoms with Crippen LogP contribution in [0.15, 0.2) is 109 Å². The fourth-order valence-electron chi connectivity index (χ4n) is 7.36. The molecular weight excluding hydrogens is 876 g/mol. The van der Waals surface area contributed by atoms with Crippen LogP contribution in [0.3, 0.4) is 0 Å². The predicted molar refractivity (Wildman–Crippen MR) is 297 cm³/mol. The highest BCUT2D eigenvalue weighted by molar-refractivity contribution is 7.45. The van der Waals surface area contributed by atoms with Crippen molar-refractivity contribution in [2.45, 2.75) is 225 Å². The molecule has 0 aromatic carbocycles. The minimum atomic E-state index is -4.61. The van der Waals surface area contributed by atoms with E-state index in [-0.39, 0.29) is 12.5 Å². The molecule has 1 amide bonds. The van der Waals surface area contributed by atoms with Gasteiger partial charge in [0.2, 0.25) is 5.91 Å². The normalized spacial score (nSPS) is 14.8. The molecule has 0 fully saturated rings. The zero-order valence-electron chi connectivity index (χ0n) is 45.0. The van der Waals surface area contributed by atoms with Gasteiger partial charge in [0.25, 0.3) is 7.82 Å². The topological polar surface area (TPSA) is 108 Å². The Labute approximate surface area is 425 Å². The summed E-state index contributed by atoms with van der Waals surface area (Å²) in [7, 11) is 1.22. The molecule has 0 aromatic rings. The third kappa shape index (κ3) is 52.8. The van der Waals surface area contributed by atoms with E-state index < -0.39 is 26.6 Å². The van der Waals surface area contributed by atoms with Crippen LogP contribution in [0.4, 0.5) is 0 Å². The Morgan fingerprint density at radius 1 is 0.522 bits per heavy atom. The number of rotatable bonds is 49. The van der Waals surface area contributed by atoms with Gasteiger partial charge in [0.15, 0.2) is 0 Å². The first-order chi connectivity index (χ1) is 33.5. The molecule has 0 rings (SSSR count). The molecule has 0 bridgehead atoms. The molecule has 9 heteroatoms. The number of carbonyl (C=O) groups is 1.